The number of methoxy groups -OCH3 is 1. The zero-order valence-corrected chi connectivity index (χ0v) is 10.5. The van der Waals surface area contributed by atoms with E-state index in [0.717, 1.165) is 12.2 Å². The topological polar surface area (TPSA) is 68.1 Å². The fourth-order valence-electron chi connectivity index (χ4n) is 1.88. The Morgan fingerprint density at radius 1 is 1.33 bits per heavy atom. The summed E-state index contributed by atoms with van der Waals surface area (Å²) in [6.07, 6.45) is 1.55. The molecule has 0 radical (unpaired) electrons. The van der Waals surface area contributed by atoms with Crippen LogP contribution in [0, 0.1) is 5.92 Å². The molecule has 0 saturated carbocycles. The SMILES string of the molecule is COc1ccc(CC(C)Cc2n[nH]c(=O)o2)cc1. The van der Waals surface area contributed by atoms with Crippen LogP contribution in [0.1, 0.15) is 18.4 Å². The van der Waals surface area contributed by atoms with Crippen molar-refractivity contribution < 1.29 is 9.15 Å². The summed E-state index contributed by atoms with van der Waals surface area (Å²) in [4.78, 5) is 10.8. The minimum Gasteiger partial charge on any atom is -0.497 e. The van der Waals surface area contributed by atoms with Gasteiger partial charge in [-0.2, -0.15) is 0 Å². The van der Waals surface area contributed by atoms with E-state index < -0.39 is 5.76 Å². The fourth-order valence-corrected chi connectivity index (χ4v) is 1.88. The predicted octanol–water partition coefficient (Wildman–Crippen LogP) is 1.79. The van der Waals surface area contributed by atoms with Crippen LogP contribution in [0.4, 0.5) is 0 Å². The number of nitrogens with one attached hydrogen (secondary N) is 1. The Morgan fingerprint density at radius 3 is 2.61 bits per heavy atom. The van der Waals surface area contributed by atoms with Crippen LogP contribution in [-0.2, 0) is 12.8 Å². The highest BCUT2D eigenvalue weighted by Crippen LogP contribution is 2.16. The molecule has 5 nitrogen and oxygen atoms in total. The number of ether oxygens (including phenoxy) is 1. The van der Waals surface area contributed by atoms with Gasteiger partial charge in [-0.05, 0) is 30.0 Å². The first-order valence-corrected chi connectivity index (χ1v) is 5.84. The molecule has 5 heteroatoms. The molecule has 0 spiro atoms. The Labute approximate surface area is 105 Å². The van der Waals surface area contributed by atoms with E-state index >= 15 is 0 Å². The van der Waals surface area contributed by atoms with Gasteiger partial charge in [-0.25, -0.2) is 9.89 Å². The number of hydrogen-bond acceptors (Lipinski definition) is 4. The highest BCUT2D eigenvalue weighted by Gasteiger charge is 2.09. The molecule has 0 saturated heterocycles. The Hall–Kier alpha value is -2.04. The average molecular weight is 248 g/mol. The van der Waals surface area contributed by atoms with Crippen LogP contribution >= 0.6 is 0 Å². The van der Waals surface area contributed by atoms with Gasteiger partial charge in [0.15, 0.2) is 0 Å². The van der Waals surface area contributed by atoms with Gasteiger partial charge in [-0.3, -0.25) is 0 Å². The van der Waals surface area contributed by atoms with E-state index in [-0.39, 0.29) is 0 Å². The molecule has 0 fully saturated rings. The van der Waals surface area contributed by atoms with Gasteiger partial charge in [0.05, 0.1) is 7.11 Å². The molecule has 1 aromatic heterocycles. The number of aromatic amines is 1. The molecule has 1 atom stereocenters. The first kappa shape index (κ1) is 12.4. The van der Waals surface area contributed by atoms with E-state index in [1.807, 2.05) is 24.3 Å². The van der Waals surface area contributed by atoms with Gasteiger partial charge < -0.3 is 9.15 Å². The van der Waals surface area contributed by atoms with E-state index in [9.17, 15) is 4.79 Å². The molecule has 2 rings (SSSR count). The highest BCUT2D eigenvalue weighted by molar-refractivity contribution is 5.27. The van der Waals surface area contributed by atoms with Crippen LogP contribution in [0.25, 0.3) is 0 Å². The maximum atomic E-state index is 10.8. The van der Waals surface area contributed by atoms with E-state index in [2.05, 4.69) is 17.1 Å². The summed E-state index contributed by atoms with van der Waals surface area (Å²) in [6.45, 7) is 2.10. The van der Waals surface area contributed by atoms with Gasteiger partial charge in [0.2, 0.25) is 5.89 Å². The van der Waals surface area contributed by atoms with Crippen molar-refractivity contribution >= 4 is 0 Å². The van der Waals surface area contributed by atoms with E-state index in [1.54, 1.807) is 7.11 Å². The van der Waals surface area contributed by atoms with E-state index in [0.29, 0.717) is 18.2 Å². The normalized spacial score (nSPS) is 12.3. The zero-order valence-electron chi connectivity index (χ0n) is 10.5. The van der Waals surface area contributed by atoms with Crippen molar-refractivity contribution in [2.45, 2.75) is 19.8 Å². The molecule has 0 aliphatic carbocycles. The molecule has 96 valence electrons. The van der Waals surface area contributed by atoms with Crippen molar-refractivity contribution in [3.05, 3.63) is 46.3 Å². The van der Waals surface area contributed by atoms with Gasteiger partial charge in [0.25, 0.3) is 0 Å². The number of H-pyrrole nitrogens is 1. The summed E-state index contributed by atoms with van der Waals surface area (Å²) in [7, 11) is 1.65. The van der Waals surface area contributed by atoms with Gasteiger partial charge in [-0.1, -0.05) is 19.1 Å². The highest BCUT2D eigenvalue weighted by atomic mass is 16.5. The van der Waals surface area contributed by atoms with Gasteiger partial charge >= 0.3 is 5.76 Å². The molecular weight excluding hydrogens is 232 g/mol. The third-order valence-electron chi connectivity index (χ3n) is 2.75. The standard InChI is InChI=1S/C13H16N2O3/c1-9(8-12-14-15-13(16)18-12)7-10-3-5-11(17-2)6-4-10/h3-6,9H,7-8H2,1-2H3,(H,15,16). The van der Waals surface area contributed by atoms with Crippen molar-refractivity contribution in [2.75, 3.05) is 7.11 Å². The molecule has 0 aliphatic heterocycles. The summed E-state index contributed by atoms with van der Waals surface area (Å²) >= 11 is 0. The molecule has 18 heavy (non-hydrogen) atoms. The fraction of sp³-hybridized carbons (Fsp3) is 0.385. The predicted molar refractivity (Wildman–Crippen MR) is 66.7 cm³/mol. The quantitative estimate of drug-likeness (QED) is 0.876. The lowest BCUT2D eigenvalue weighted by Crippen LogP contribution is -2.04. The molecule has 2 aromatic rings. The zero-order chi connectivity index (χ0) is 13.0. The van der Waals surface area contributed by atoms with Crippen molar-refractivity contribution in [2.24, 2.45) is 5.92 Å². The lowest BCUT2D eigenvalue weighted by molar-refractivity contribution is 0.413. The van der Waals surface area contributed by atoms with Crippen LogP contribution in [0.15, 0.2) is 33.5 Å². The minimum atomic E-state index is -0.498. The average Bonchev–Trinajstić information content (AvgIpc) is 2.75. The maximum Gasteiger partial charge on any atom is 0.434 e. The first-order chi connectivity index (χ1) is 8.67. The van der Waals surface area contributed by atoms with Crippen LogP contribution in [-0.4, -0.2) is 17.3 Å². The lowest BCUT2D eigenvalue weighted by Gasteiger charge is -2.09. The molecule has 1 heterocycles. The second kappa shape index (κ2) is 5.53. The summed E-state index contributed by atoms with van der Waals surface area (Å²) in [5.74, 6) is 1.16. The Morgan fingerprint density at radius 2 is 2.06 bits per heavy atom. The monoisotopic (exact) mass is 248 g/mol. The molecule has 0 bridgehead atoms. The summed E-state index contributed by atoms with van der Waals surface area (Å²) in [5, 5.41) is 6.06. The number of benzene rings is 1. The molecule has 0 aliphatic rings. The first-order valence-electron chi connectivity index (χ1n) is 5.84. The molecular formula is C13H16N2O3. The molecule has 1 N–H and O–H groups in total. The second-order valence-corrected chi connectivity index (χ2v) is 4.37. The molecule has 0 amide bonds. The van der Waals surface area contributed by atoms with E-state index in [4.69, 9.17) is 9.15 Å². The Kier molecular flexibility index (Phi) is 3.82. The number of rotatable bonds is 5. The van der Waals surface area contributed by atoms with Gasteiger partial charge in [0.1, 0.15) is 5.75 Å². The maximum absolute atomic E-state index is 10.8. The van der Waals surface area contributed by atoms with Crippen LogP contribution in [0.5, 0.6) is 5.75 Å². The smallest absolute Gasteiger partial charge is 0.434 e. The van der Waals surface area contributed by atoms with Crippen molar-refractivity contribution in [3.8, 4) is 5.75 Å². The van der Waals surface area contributed by atoms with Crippen LogP contribution in [0.2, 0.25) is 0 Å². The van der Waals surface area contributed by atoms with Crippen molar-refractivity contribution in [3.63, 3.8) is 0 Å². The second-order valence-electron chi connectivity index (χ2n) is 4.37. The third kappa shape index (κ3) is 3.23. The lowest BCUT2D eigenvalue weighted by atomic mass is 9.98. The number of aromatic nitrogens is 2. The summed E-state index contributed by atoms with van der Waals surface area (Å²) in [6, 6.07) is 7.96. The Bertz CT molecular complexity index is 542. The Balaban J connectivity index is 1.93. The third-order valence-corrected chi connectivity index (χ3v) is 2.75. The van der Waals surface area contributed by atoms with Gasteiger partial charge in [-0.15, -0.1) is 5.10 Å². The molecule has 1 aromatic carbocycles. The molecule has 1 unspecified atom stereocenters. The minimum absolute atomic E-state index is 0.352. The van der Waals surface area contributed by atoms with E-state index in [1.165, 1.54) is 5.56 Å². The largest absolute Gasteiger partial charge is 0.497 e. The van der Waals surface area contributed by atoms with Crippen LogP contribution < -0.4 is 10.5 Å². The van der Waals surface area contributed by atoms with Gasteiger partial charge in [0, 0.05) is 6.42 Å². The number of nitrogens with zero attached hydrogens (tertiary/aromatic N) is 1. The van der Waals surface area contributed by atoms with Crippen LogP contribution in [0.3, 0.4) is 0 Å². The summed E-state index contributed by atoms with van der Waals surface area (Å²) in [5.41, 5.74) is 1.22. The van der Waals surface area contributed by atoms with Crippen molar-refractivity contribution in [1.82, 2.24) is 10.2 Å². The summed E-state index contributed by atoms with van der Waals surface area (Å²) < 4.78 is 9.99. The number of hydrogen-bond donors (Lipinski definition) is 1. The van der Waals surface area contributed by atoms with Crippen molar-refractivity contribution in [1.29, 1.82) is 0 Å².